The molecule has 1 aliphatic heterocycles. The van der Waals surface area contributed by atoms with Crippen LogP contribution in [0.25, 0.3) is 0 Å². The minimum Gasteiger partial charge on any atom is -0.464 e. The van der Waals surface area contributed by atoms with Crippen LogP contribution in [0.15, 0.2) is 89.8 Å². The number of carbonyl (C=O) groups is 2. The summed E-state index contributed by atoms with van der Waals surface area (Å²) in [7, 11) is -4.11. The van der Waals surface area contributed by atoms with Gasteiger partial charge in [0.2, 0.25) is 5.91 Å². The first-order valence-electron chi connectivity index (χ1n) is 11.2. The Morgan fingerprint density at radius 1 is 0.912 bits per heavy atom. The highest BCUT2D eigenvalue weighted by atomic mass is 32.2. The largest absolute Gasteiger partial charge is 0.464 e. The second kappa shape index (κ2) is 9.81. The maximum Gasteiger partial charge on any atom is 0.329 e. The Labute approximate surface area is 200 Å². The Balaban J connectivity index is 1.88. The number of esters is 1. The van der Waals surface area contributed by atoms with Crippen LogP contribution >= 0.6 is 0 Å². The standard InChI is InChI=1S/C27H27NO5S/c1-3-33-27(30)24-23(21-12-8-5-9-13-21)25(34(31,32)22-16-14-19(2)15-17-22)26(29)28(24)18-20-10-6-4-7-11-20/h4-17,23-25H,3,18H2,1-2H3/t23-,24+,25+/m1/s1. The fourth-order valence-electron chi connectivity index (χ4n) is 4.50. The van der Waals surface area contributed by atoms with Crippen molar-refractivity contribution in [2.24, 2.45) is 0 Å². The highest BCUT2D eigenvalue weighted by Gasteiger charge is 2.58. The van der Waals surface area contributed by atoms with E-state index in [-0.39, 0.29) is 18.0 Å². The molecule has 0 N–H and O–H groups in total. The van der Waals surface area contributed by atoms with Gasteiger partial charge in [0.05, 0.1) is 11.5 Å². The average Bonchev–Trinajstić information content (AvgIpc) is 3.13. The lowest BCUT2D eigenvalue weighted by atomic mass is 9.91. The van der Waals surface area contributed by atoms with E-state index in [1.165, 1.54) is 17.0 Å². The molecule has 3 atom stereocenters. The van der Waals surface area contributed by atoms with Gasteiger partial charge in [-0.1, -0.05) is 78.4 Å². The molecule has 0 aliphatic carbocycles. The van der Waals surface area contributed by atoms with Gasteiger partial charge in [-0.15, -0.1) is 0 Å². The molecule has 4 rings (SSSR count). The average molecular weight is 478 g/mol. The summed E-state index contributed by atoms with van der Waals surface area (Å²) in [5.41, 5.74) is 2.31. The van der Waals surface area contributed by atoms with Gasteiger partial charge in [0, 0.05) is 12.5 Å². The minimum absolute atomic E-state index is 0.0570. The number of hydrogen-bond acceptors (Lipinski definition) is 5. The zero-order valence-corrected chi connectivity index (χ0v) is 19.9. The van der Waals surface area contributed by atoms with Crippen LogP contribution in [0.2, 0.25) is 0 Å². The lowest BCUT2D eigenvalue weighted by molar-refractivity contribution is -0.152. The number of ether oxygens (including phenoxy) is 1. The maximum atomic E-state index is 13.9. The number of aryl methyl sites for hydroxylation is 1. The van der Waals surface area contributed by atoms with E-state index >= 15 is 0 Å². The summed E-state index contributed by atoms with van der Waals surface area (Å²) in [6, 6.07) is 23.5. The molecule has 1 fully saturated rings. The Bertz CT molecular complexity index is 1260. The third-order valence-corrected chi connectivity index (χ3v) is 8.21. The Hall–Kier alpha value is -3.45. The van der Waals surface area contributed by atoms with E-state index in [1.807, 2.05) is 43.3 Å². The first-order valence-corrected chi connectivity index (χ1v) is 12.8. The van der Waals surface area contributed by atoms with Crippen molar-refractivity contribution in [1.29, 1.82) is 0 Å². The van der Waals surface area contributed by atoms with Crippen LogP contribution in [-0.4, -0.2) is 43.1 Å². The molecular weight excluding hydrogens is 450 g/mol. The molecule has 3 aromatic rings. The van der Waals surface area contributed by atoms with Gasteiger partial charge in [-0.3, -0.25) is 4.79 Å². The summed E-state index contributed by atoms with van der Waals surface area (Å²) in [5, 5.41) is -1.45. The highest BCUT2D eigenvalue weighted by Crippen LogP contribution is 2.42. The van der Waals surface area contributed by atoms with Crippen LogP contribution in [0.5, 0.6) is 0 Å². The Kier molecular flexibility index (Phi) is 6.84. The van der Waals surface area contributed by atoms with Crippen molar-refractivity contribution in [3.63, 3.8) is 0 Å². The van der Waals surface area contributed by atoms with Crippen LogP contribution in [-0.2, 0) is 30.7 Å². The number of benzene rings is 3. The second-order valence-electron chi connectivity index (χ2n) is 8.36. The van der Waals surface area contributed by atoms with Crippen LogP contribution in [0.1, 0.15) is 29.5 Å². The van der Waals surface area contributed by atoms with Crippen molar-refractivity contribution in [2.45, 2.75) is 42.5 Å². The lowest BCUT2D eigenvalue weighted by Gasteiger charge is -2.27. The third kappa shape index (κ3) is 4.48. The molecular formula is C27H27NO5S. The number of sulfone groups is 1. The summed E-state index contributed by atoms with van der Waals surface area (Å²) < 4.78 is 33.1. The molecule has 0 unspecified atom stereocenters. The van der Waals surface area contributed by atoms with Crippen molar-refractivity contribution in [3.8, 4) is 0 Å². The fourth-order valence-corrected chi connectivity index (χ4v) is 6.41. The molecule has 1 aliphatic rings. The SMILES string of the molecule is CCOC(=O)[C@@H]1[C@@H](c2ccccc2)[C@H](S(=O)(=O)c2ccc(C)cc2)C(=O)N1Cc1ccccc1. The second-order valence-corrected chi connectivity index (χ2v) is 10.4. The zero-order chi connectivity index (χ0) is 24.3. The normalized spacial score (nSPS) is 20.4. The third-order valence-electron chi connectivity index (χ3n) is 6.12. The van der Waals surface area contributed by atoms with E-state index in [9.17, 15) is 18.0 Å². The van der Waals surface area contributed by atoms with Crippen LogP contribution in [0.4, 0.5) is 0 Å². The van der Waals surface area contributed by atoms with Crippen molar-refractivity contribution >= 4 is 21.7 Å². The van der Waals surface area contributed by atoms with E-state index in [0.29, 0.717) is 5.56 Å². The molecule has 7 heteroatoms. The molecule has 1 heterocycles. The molecule has 34 heavy (non-hydrogen) atoms. The zero-order valence-electron chi connectivity index (χ0n) is 19.1. The van der Waals surface area contributed by atoms with Crippen molar-refractivity contribution < 1.29 is 22.7 Å². The van der Waals surface area contributed by atoms with Gasteiger partial charge >= 0.3 is 5.97 Å². The lowest BCUT2D eigenvalue weighted by Crippen LogP contribution is -2.41. The number of hydrogen-bond donors (Lipinski definition) is 0. The Morgan fingerprint density at radius 3 is 2.09 bits per heavy atom. The molecule has 1 saturated heterocycles. The molecule has 0 spiro atoms. The smallest absolute Gasteiger partial charge is 0.329 e. The van der Waals surface area contributed by atoms with Gasteiger partial charge in [0.15, 0.2) is 15.1 Å². The van der Waals surface area contributed by atoms with E-state index in [1.54, 1.807) is 43.3 Å². The summed E-state index contributed by atoms with van der Waals surface area (Å²) in [5.74, 6) is -2.12. The number of likely N-dealkylation sites (tertiary alicyclic amines) is 1. The first-order chi connectivity index (χ1) is 16.3. The number of nitrogens with zero attached hydrogens (tertiary/aromatic N) is 1. The van der Waals surface area contributed by atoms with Gasteiger partial charge in [-0.2, -0.15) is 0 Å². The highest BCUT2D eigenvalue weighted by molar-refractivity contribution is 7.93. The van der Waals surface area contributed by atoms with E-state index in [4.69, 9.17) is 4.74 Å². The maximum absolute atomic E-state index is 13.9. The molecule has 0 saturated carbocycles. The molecule has 176 valence electrons. The molecule has 3 aromatic carbocycles. The van der Waals surface area contributed by atoms with Gasteiger partial charge in [0.25, 0.3) is 0 Å². The van der Waals surface area contributed by atoms with Crippen molar-refractivity contribution in [2.75, 3.05) is 6.61 Å². The van der Waals surface area contributed by atoms with Crippen molar-refractivity contribution in [3.05, 3.63) is 102 Å². The molecule has 6 nitrogen and oxygen atoms in total. The van der Waals surface area contributed by atoms with Crippen molar-refractivity contribution in [1.82, 2.24) is 4.90 Å². The molecule has 0 aromatic heterocycles. The monoisotopic (exact) mass is 477 g/mol. The predicted octanol–water partition coefficient (Wildman–Crippen LogP) is 3.90. The van der Waals surface area contributed by atoms with Crippen LogP contribution in [0.3, 0.4) is 0 Å². The topological polar surface area (TPSA) is 80.8 Å². The fraction of sp³-hybridized carbons (Fsp3) is 0.259. The van der Waals surface area contributed by atoms with E-state index < -0.39 is 38.9 Å². The summed E-state index contributed by atoms with van der Waals surface area (Å²) in [6.07, 6.45) is 0. The van der Waals surface area contributed by atoms with Gasteiger partial charge in [-0.25, -0.2) is 13.2 Å². The van der Waals surface area contributed by atoms with Gasteiger partial charge < -0.3 is 9.64 Å². The quantitative estimate of drug-likeness (QED) is 0.482. The van der Waals surface area contributed by atoms with E-state index in [2.05, 4.69) is 0 Å². The first kappa shape index (κ1) is 23.7. The van der Waals surface area contributed by atoms with Crippen LogP contribution in [0, 0.1) is 6.92 Å². The number of rotatable bonds is 7. The predicted molar refractivity (Wildman–Crippen MR) is 129 cm³/mol. The molecule has 0 bridgehead atoms. The van der Waals surface area contributed by atoms with Gasteiger partial charge in [0.1, 0.15) is 6.04 Å². The molecule has 0 radical (unpaired) electrons. The summed E-state index contributed by atoms with van der Waals surface area (Å²) >= 11 is 0. The van der Waals surface area contributed by atoms with Crippen LogP contribution < -0.4 is 0 Å². The minimum atomic E-state index is -4.11. The summed E-state index contributed by atoms with van der Waals surface area (Å²) in [4.78, 5) is 28.5. The van der Waals surface area contributed by atoms with E-state index in [0.717, 1.165) is 11.1 Å². The van der Waals surface area contributed by atoms with Gasteiger partial charge in [-0.05, 0) is 37.1 Å². The number of carbonyl (C=O) groups excluding carboxylic acids is 2. The summed E-state index contributed by atoms with van der Waals surface area (Å²) in [6.45, 7) is 3.78. The number of amides is 1. The Morgan fingerprint density at radius 2 is 1.50 bits per heavy atom. The molecule has 1 amide bonds.